The van der Waals surface area contributed by atoms with Crippen LogP contribution in [0.2, 0.25) is 0 Å². The number of nitrogens with one attached hydrogen (secondary N) is 1. The minimum Gasteiger partial charge on any atom is -0.491 e. The van der Waals surface area contributed by atoms with Gasteiger partial charge in [0.25, 0.3) is 0 Å². The monoisotopic (exact) mass is 261 g/mol. The van der Waals surface area contributed by atoms with Crippen molar-refractivity contribution in [2.75, 3.05) is 7.05 Å². The Hall–Kier alpha value is -1.23. The van der Waals surface area contributed by atoms with E-state index in [-0.39, 0.29) is 6.10 Å². The maximum absolute atomic E-state index is 12.4. The SMILES string of the molecule is CNC(CC(F)(F)F)c1cccc(OC(C)C)c1. The summed E-state index contributed by atoms with van der Waals surface area (Å²) in [6.45, 7) is 3.75. The Kier molecular flexibility index (Phi) is 5.02. The highest BCUT2D eigenvalue weighted by Gasteiger charge is 2.32. The number of hydrogen-bond acceptors (Lipinski definition) is 2. The fourth-order valence-corrected chi connectivity index (χ4v) is 1.69. The lowest BCUT2D eigenvalue weighted by molar-refractivity contribution is -0.140. The van der Waals surface area contributed by atoms with Crippen LogP contribution in [0.5, 0.6) is 5.75 Å². The van der Waals surface area contributed by atoms with Gasteiger partial charge in [0.2, 0.25) is 0 Å². The largest absolute Gasteiger partial charge is 0.491 e. The molecule has 102 valence electrons. The van der Waals surface area contributed by atoms with Crippen LogP contribution in [0.1, 0.15) is 31.9 Å². The molecule has 1 unspecified atom stereocenters. The highest BCUT2D eigenvalue weighted by Crippen LogP contribution is 2.30. The van der Waals surface area contributed by atoms with Gasteiger partial charge in [0.05, 0.1) is 12.5 Å². The summed E-state index contributed by atoms with van der Waals surface area (Å²) in [6.07, 6.45) is -5.09. The Morgan fingerprint density at radius 3 is 2.44 bits per heavy atom. The molecule has 0 aliphatic heterocycles. The van der Waals surface area contributed by atoms with Crippen molar-refractivity contribution in [3.63, 3.8) is 0 Å². The second-order valence-corrected chi connectivity index (χ2v) is 4.40. The van der Waals surface area contributed by atoms with E-state index in [0.29, 0.717) is 11.3 Å². The van der Waals surface area contributed by atoms with Crippen LogP contribution in [0, 0.1) is 0 Å². The maximum Gasteiger partial charge on any atom is 0.390 e. The first kappa shape index (κ1) is 14.8. The summed E-state index contributed by atoms with van der Waals surface area (Å²) in [7, 11) is 1.52. The summed E-state index contributed by atoms with van der Waals surface area (Å²) < 4.78 is 42.7. The third-order valence-electron chi connectivity index (χ3n) is 2.42. The molecule has 0 heterocycles. The van der Waals surface area contributed by atoms with E-state index in [1.807, 2.05) is 13.8 Å². The summed E-state index contributed by atoms with van der Waals surface area (Å²) in [5.74, 6) is 0.588. The Bertz CT molecular complexity index is 377. The van der Waals surface area contributed by atoms with E-state index in [2.05, 4.69) is 5.32 Å². The first-order valence-corrected chi connectivity index (χ1v) is 5.82. The third-order valence-corrected chi connectivity index (χ3v) is 2.42. The van der Waals surface area contributed by atoms with Crippen LogP contribution in [0.4, 0.5) is 13.2 Å². The van der Waals surface area contributed by atoms with Crippen molar-refractivity contribution in [2.45, 2.75) is 38.6 Å². The Labute approximate surface area is 105 Å². The topological polar surface area (TPSA) is 21.3 Å². The van der Waals surface area contributed by atoms with Gasteiger partial charge >= 0.3 is 6.18 Å². The Morgan fingerprint density at radius 1 is 1.28 bits per heavy atom. The summed E-state index contributed by atoms with van der Waals surface area (Å²) in [5.41, 5.74) is 0.577. The van der Waals surface area contributed by atoms with Gasteiger partial charge in [-0.1, -0.05) is 12.1 Å². The molecule has 0 aliphatic carbocycles. The van der Waals surface area contributed by atoms with Gasteiger partial charge in [-0.05, 0) is 38.6 Å². The second kappa shape index (κ2) is 6.09. The molecule has 2 nitrogen and oxygen atoms in total. The van der Waals surface area contributed by atoms with E-state index < -0.39 is 18.6 Å². The molecule has 0 radical (unpaired) electrons. The van der Waals surface area contributed by atoms with Gasteiger partial charge in [0, 0.05) is 6.04 Å². The molecule has 0 fully saturated rings. The molecule has 1 rings (SSSR count). The fourth-order valence-electron chi connectivity index (χ4n) is 1.69. The summed E-state index contributed by atoms with van der Waals surface area (Å²) >= 11 is 0. The van der Waals surface area contributed by atoms with E-state index in [0.717, 1.165) is 0 Å². The van der Waals surface area contributed by atoms with Gasteiger partial charge in [-0.25, -0.2) is 0 Å². The standard InChI is InChI=1S/C13H18F3NO/c1-9(2)18-11-6-4-5-10(7-11)12(17-3)8-13(14,15)16/h4-7,9,12,17H,8H2,1-3H3. The van der Waals surface area contributed by atoms with Gasteiger partial charge < -0.3 is 10.1 Å². The van der Waals surface area contributed by atoms with Crippen LogP contribution in [0.3, 0.4) is 0 Å². The lowest BCUT2D eigenvalue weighted by Crippen LogP contribution is -2.23. The van der Waals surface area contributed by atoms with Gasteiger partial charge in [0.1, 0.15) is 5.75 Å². The van der Waals surface area contributed by atoms with E-state index in [1.165, 1.54) is 7.05 Å². The van der Waals surface area contributed by atoms with Crippen molar-refractivity contribution in [1.82, 2.24) is 5.32 Å². The van der Waals surface area contributed by atoms with E-state index >= 15 is 0 Å². The van der Waals surface area contributed by atoms with Gasteiger partial charge in [-0.3, -0.25) is 0 Å². The first-order chi connectivity index (χ1) is 8.31. The highest BCUT2D eigenvalue weighted by molar-refractivity contribution is 5.30. The molecule has 1 atom stereocenters. The highest BCUT2D eigenvalue weighted by atomic mass is 19.4. The van der Waals surface area contributed by atoms with Gasteiger partial charge in [-0.2, -0.15) is 13.2 Å². The van der Waals surface area contributed by atoms with Crippen molar-refractivity contribution in [3.05, 3.63) is 29.8 Å². The van der Waals surface area contributed by atoms with E-state index in [4.69, 9.17) is 4.74 Å². The zero-order valence-corrected chi connectivity index (χ0v) is 10.7. The van der Waals surface area contributed by atoms with Crippen LogP contribution in [0.15, 0.2) is 24.3 Å². The molecule has 1 aromatic carbocycles. The molecule has 18 heavy (non-hydrogen) atoms. The quantitative estimate of drug-likeness (QED) is 0.872. The average Bonchev–Trinajstić information content (AvgIpc) is 2.24. The van der Waals surface area contributed by atoms with Crippen LogP contribution in [-0.2, 0) is 0 Å². The molecule has 0 aromatic heterocycles. The molecule has 0 amide bonds. The minimum atomic E-state index is -4.19. The molecule has 0 spiro atoms. The zero-order valence-electron chi connectivity index (χ0n) is 10.7. The normalized spacial score (nSPS) is 13.7. The van der Waals surface area contributed by atoms with Crippen molar-refractivity contribution >= 4 is 0 Å². The number of rotatable bonds is 5. The second-order valence-electron chi connectivity index (χ2n) is 4.40. The number of ether oxygens (including phenoxy) is 1. The minimum absolute atomic E-state index is 0.00379. The van der Waals surface area contributed by atoms with Crippen LogP contribution < -0.4 is 10.1 Å². The molecular weight excluding hydrogens is 243 g/mol. The van der Waals surface area contributed by atoms with Crippen molar-refractivity contribution in [1.29, 1.82) is 0 Å². The molecule has 0 saturated heterocycles. The lowest BCUT2D eigenvalue weighted by atomic mass is 10.0. The first-order valence-electron chi connectivity index (χ1n) is 5.82. The number of hydrogen-bond donors (Lipinski definition) is 1. The third kappa shape index (κ3) is 4.96. The Morgan fingerprint density at radius 2 is 1.94 bits per heavy atom. The fraction of sp³-hybridized carbons (Fsp3) is 0.538. The molecular formula is C13H18F3NO. The molecule has 0 saturated carbocycles. The van der Waals surface area contributed by atoms with E-state index in [1.54, 1.807) is 24.3 Å². The number of alkyl halides is 3. The number of halogens is 3. The van der Waals surface area contributed by atoms with Crippen LogP contribution in [-0.4, -0.2) is 19.3 Å². The van der Waals surface area contributed by atoms with Crippen molar-refractivity contribution in [2.24, 2.45) is 0 Å². The predicted molar refractivity (Wildman–Crippen MR) is 64.7 cm³/mol. The van der Waals surface area contributed by atoms with E-state index in [9.17, 15) is 13.2 Å². The predicted octanol–water partition coefficient (Wildman–Crippen LogP) is 3.69. The Balaban J connectivity index is 2.86. The molecule has 1 N–H and O–H groups in total. The molecule has 0 aliphatic rings. The van der Waals surface area contributed by atoms with Crippen molar-refractivity contribution < 1.29 is 17.9 Å². The molecule has 0 bridgehead atoms. The van der Waals surface area contributed by atoms with Crippen LogP contribution >= 0.6 is 0 Å². The van der Waals surface area contributed by atoms with Crippen molar-refractivity contribution in [3.8, 4) is 5.75 Å². The zero-order chi connectivity index (χ0) is 13.8. The maximum atomic E-state index is 12.4. The smallest absolute Gasteiger partial charge is 0.390 e. The van der Waals surface area contributed by atoms with Gasteiger partial charge in [0.15, 0.2) is 0 Å². The summed E-state index contributed by atoms with van der Waals surface area (Å²) in [4.78, 5) is 0. The number of benzene rings is 1. The lowest BCUT2D eigenvalue weighted by Gasteiger charge is -2.19. The van der Waals surface area contributed by atoms with Gasteiger partial charge in [-0.15, -0.1) is 0 Å². The van der Waals surface area contributed by atoms with Crippen LogP contribution in [0.25, 0.3) is 0 Å². The summed E-state index contributed by atoms with van der Waals surface area (Å²) in [6, 6.07) is 6.01. The molecule has 1 aromatic rings. The molecule has 5 heteroatoms. The average molecular weight is 261 g/mol. The summed E-state index contributed by atoms with van der Waals surface area (Å²) in [5, 5.41) is 2.68.